The summed E-state index contributed by atoms with van der Waals surface area (Å²) in [6.07, 6.45) is 1.07. The number of thioether (sulfide) groups is 1. The fraction of sp³-hybridized carbons (Fsp3) is 0.562. The topological polar surface area (TPSA) is 58.4 Å². The second-order valence-electron chi connectivity index (χ2n) is 5.53. The maximum atomic E-state index is 11.8. The lowest BCUT2D eigenvalue weighted by Crippen LogP contribution is -2.34. The third kappa shape index (κ3) is 7.77. The van der Waals surface area contributed by atoms with E-state index in [-0.39, 0.29) is 36.6 Å². The summed E-state index contributed by atoms with van der Waals surface area (Å²) in [7, 11) is 0. The van der Waals surface area contributed by atoms with Gasteiger partial charge in [0.1, 0.15) is 0 Å². The molecule has 1 aliphatic rings. The van der Waals surface area contributed by atoms with Gasteiger partial charge in [0.2, 0.25) is 5.91 Å². The summed E-state index contributed by atoms with van der Waals surface area (Å²) in [6, 6.07) is 8.15. The molecule has 0 radical (unpaired) electrons. The molecule has 1 unspecified atom stereocenters. The highest BCUT2D eigenvalue weighted by Crippen LogP contribution is 2.13. The number of benzene rings is 1. The van der Waals surface area contributed by atoms with Gasteiger partial charge < -0.3 is 16.0 Å². The van der Waals surface area contributed by atoms with Gasteiger partial charge in [-0.1, -0.05) is 19.1 Å². The lowest BCUT2D eigenvalue weighted by molar-refractivity contribution is -0.119. The van der Waals surface area contributed by atoms with Gasteiger partial charge in [-0.25, -0.2) is 0 Å². The molecule has 1 aromatic rings. The number of nitrogens with zero attached hydrogens (tertiary/aromatic N) is 1. The van der Waals surface area contributed by atoms with Gasteiger partial charge in [0.05, 0.1) is 0 Å². The van der Waals surface area contributed by atoms with E-state index in [4.69, 9.17) is 5.73 Å². The van der Waals surface area contributed by atoms with Crippen LogP contribution in [0.5, 0.6) is 0 Å². The van der Waals surface area contributed by atoms with Crippen LogP contribution in [-0.2, 0) is 11.2 Å². The molecular formula is C16H27Cl2N3OS. The van der Waals surface area contributed by atoms with Gasteiger partial charge >= 0.3 is 0 Å². The predicted octanol–water partition coefficient (Wildman–Crippen LogP) is 2.65. The second kappa shape index (κ2) is 12.0. The number of carbonyl (C=O) groups excluding carboxylic acids is 1. The molecule has 0 aliphatic carbocycles. The number of hydrogen-bond donors (Lipinski definition) is 2. The molecule has 0 aromatic heterocycles. The van der Waals surface area contributed by atoms with Gasteiger partial charge in [-0.05, 0) is 24.1 Å². The van der Waals surface area contributed by atoms with Gasteiger partial charge in [-0.2, -0.15) is 11.8 Å². The van der Waals surface area contributed by atoms with Gasteiger partial charge in [0, 0.05) is 49.3 Å². The van der Waals surface area contributed by atoms with Crippen molar-refractivity contribution >= 4 is 48.2 Å². The Morgan fingerprint density at radius 2 is 1.87 bits per heavy atom. The van der Waals surface area contributed by atoms with Crippen LogP contribution in [0.3, 0.4) is 0 Å². The van der Waals surface area contributed by atoms with Crippen LogP contribution in [0.25, 0.3) is 0 Å². The Kier molecular flexibility index (Phi) is 11.7. The van der Waals surface area contributed by atoms with Crippen LogP contribution in [0, 0.1) is 5.92 Å². The van der Waals surface area contributed by atoms with Crippen LogP contribution in [0.1, 0.15) is 12.5 Å². The van der Waals surface area contributed by atoms with E-state index in [0.29, 0.717) is 6.54 Å². The first-order chi connectivity index (χ1) is 10.2. The Labute approximate surface area is 155 Å². The van der Waals surface area contributed by atoms with Gasteiger partial charge in [-0.3, -0.25) is 4.79 Å². The number of nitrogens with two attached hydrogens (primary N) is 1. The van der Waals surface area contributed by atoms with Crippen LogP contribution < -0.4 is 11.1 Å². The van der Waals surface area contributed by atoms with E-state index in [1.165, 1.54) is 30.2 Å². The average Bonchev–Trinajstić information content (AvgIpc) is 2.54. The van der Waals surface area contributed by atoms with Crippen LogP contribution in [0.4, 0.5) is 5.69 Å². The monoisotopic (exact) mass is 379 g/mol. The van der Waals surface area contributed by atoms with Crippen molar-refractivity contribution in [3.63, 3.8) is 0 Å². The Balaban J connectivity index is 0.00000242. The maximum absolute atomic E-state index is 11.8. The van der Waals surface area contributed by atoms with Crippen molar-refractivity contribution in [2.45, 2.75) is 13.3 Å². The number of amides is 1. The van der Waals surface area contributed by atoms with Crippen molar-refractivity contribution in [3.05, 3.63) is 29.8 Å². The van der Waals surface area contributed by atoms with E-state index < -0.39 is 0 Å². The van der Waals surface area contributed by atoms with E-state index in [0.717, 1.165) is 18.7 Å². The molecule has 2 rings (SSSR count). The first kappa shape index (κ1) is 22.5. The maximum Gasteiger partial charge on any atom is 0.228 e. The number of carbonyl (C=O) groups is 1. The predicted molar refractivity (Wildman–Crippen MR) is 105 cm³/mol. The van der Waals surface area contributed by atoms with E-state index in [1.807, 2.05) is 30.8 Å². The summed E-state index contributed by atoms with van der Waals surface area (Å²) in [4.78, 5) is 14.3. The molecule has 7 heteroatoms. The minimum absolute atomic E-state index is 0. The standard InChI is InChI=1S/C16H25N3OS.2ClH/c1-13(12-17)16(20)18-15-4-2-14(3-5-15)6-7-19-8-10-21-11-9-19;;/h2-5,13H,6-12,17H2,1H3,(H,18,20);2*1H. The first-order valence-corrected chi connectivity index (χ1v) is 8.74. The molecule has 1 saturated heterocycles. The molecule has 1 aliphatic heterocycles. The Hall–Kier alpha value is -0.460. The summed E-state index contributed by atoms with van der Waals surface area (Å²) in [5.41, 5.74) is 7.66. The second-order valence-corrected chi connectivity index (χ2v) is 6.75. The Morgan fingerprint density at radius 3 is 2.43 bits per heavy atom. The van der Waals surface area contributed by atoms with Gasteiger partial charge in [0.25, 0.3) is 0 Å². The molecule has 1 aromatic carbocycles. The van der Waals surface area contributed by atoms with E-state index >= 15 is 0 Å². The van der Waals surface area contributed by atoms with Crippen molar-refractivity contribution < 1.29 is 4.79 Å². The SMILES string of the molecule is CC(CN)C(=O)Nc1ccc(CCN2CCSCC2)cc1.Cl.Cl. The molecule has 1 heterocycles. The lowest BCUT2D eigenvalue weighted by Gasteiger charge is -2.26. The van der Waals surface area contributed by atoms with Crippen LogP contribution in [0.15, 0.2) is 24.3 Å². The smallest absolute Gasteiger partial charge is 0.228 e. The highest BCUT2D eigenvalue weighted by Gasteiger charge is 2.11. The minimum Gasteiger partial charge on any atom is -0.330 e. The zero-order valence-electron chi connectivity index (χ0n) is 13.5. The highest BCUT2D eigenvalue weighted by atomic mass is 35.5. The summed E-state index contributed by atoms with van der Waals surface area (Å²) in [5, 5.41) is 2.89. The van der Waals surface area contributed by atoms with E-state index in [1.54, 1.807) is 0 Å². The summed E-state index contributed by atoms with van der Waals surface area (Å²) >= 11 is 2.04. The molecule has 3 N–H and O–H groups in total. The molecule has 1 atom stereocenters. The van der Waals surface area contributed by atoms with Crippen LogP contribution in [0.2, 0.25) is 0 Å². The van der Waals surface area contributed by atoms with Crippen molar-refractivity contribution in [3.8, 4) is 0 Å². The Morgan fingerprint density at radius 1 is 1.26 bits per heavy atom. The fourth-order valence-corrected chi connectivity index (χ4v) is 3.22. The zero-order valence-corrected chi connectivity index (χ0v) is 15.9. The van der Waals surface area contributed by atoms with Crippen molar-refractivity contribution in [2.24, 2.45) is 11.7 Å². The normalized spacial score (nSPS) is 15.9. The summed E-state index contributed by atoms with van der Waals surface area (Å²) in [6.45, 7) is 5.74. The zero-order chi connectivity index (χ0) is 15.1. The van der Waals surface area contributed by atoms with Gasteiger partial charge in [-0.15, -0.1) is 24.8 Å². The third-order valence-corrected chi connectivity index (χ3v) is 4.79. The number of nitrogens with one attached hydrogen (secondary N) is 1. The van der Waals surface area contributed by atoms with Crippen molar-refractivity contribution in [2.75, 3.05) is 43.0 Å². The molecular weight excluding hydrogens is 353 g/mol. The highest BCUT2D eigenvalue weighted by molar-refractivity contribution is 7.99. The average molecular weight is 380 g/mol. The van der Waals surface area contributed by atoms with Crippen molar-refractivity contribution in [1.82, 2.24) is 4.90 Å². The molecule has 23 heavy (non-hydrogen) atoms. The van der Waals surface area contributed by atoms with E-state index in [9.17, 15) is 4.79 Å². The molecule has 0 saturated carbocycles. The first-order valence-electron chi connectivity index (χ1n) is 7.59. The quantitative estimate of drug-likeness (QED) is 0.797. The summed E-state index contributed by atoms with van der Waals surface area (Å²) in [5.74, 6) is 2.34. The Bertz CT molecular complexity index is 453. The number of anilines is 1. The number of halogens is 2. The molecule has 132 valence electrons. The van der Waals surface area contributed by atoms with E-state index in [2.05, 4.69) is 22.3 Å². The minimum atomic E-state index is -0.151. The fourth-order valence-electron chi connectivity index (χ4n) is 2.24. The number of hydrogen-bond acceptors (Lipinski definition) is 4. The molecule has 1 amide bonds. The van der Waals surface area contributed by atoms with Gasteiger partial charge in [0.15, 0.2) is 0 Å². The molecule has 0 bridgehead atoms. The molecule has 0 spiro atoms. The lowest BCUT2D eigenvalue weighted by atomic mass is 10.1. The third-order valence-electron chi connectivity index (χ3n) is 3.84. The largest absolute Gasteiger partial charge is 0.330 e. The van der Waals surface area contributed by atoms with Crippen molar-refractivity contribution in [1.29, 1.82) is 0 Å². The number of rotatable bonds is 6. The molecule has 4 nitrogen and oxygen atoms in total. The van der Waals surface area contributed by atoms with Crippen LogP contribution >= 0.6 is 36.6 Å². The molecule has 1 fully saturated rings. The summed E-state index contributed by atoms with van der Waals surface area (Å²) < 4.78 is 0. The van der Waals surface area contributed by atoms with Crippen LogP contribution in [-0.4, -0.2) is 48.5 Å².